The summed E-state index contributed by atoms with van der Waals surface area (Å²) in [7, 11) is -4.02. The predicted octanol–water partition coefficient (Wildman–Crippen LogP) is 2.18. The Kier molecular flexibility index (Phi) is 5.33. The SMILES string of the molecule is NS(=O)(=O)OC[C@@H]1C[C@@H](n2ccc3c(N[C@H]4CCC5=C4C=CCC5)ncnc32)C[C@@H]1O. The Bertz CT molecular complexity index is 1160. The molecular weight excluding hydrogens is 418 g/mol. The van der Waals surface area contributed by atoms with E-state index in [0.29, 0.717) is 12.8 Å². The topological polar surface area (TPSA) is 132 Å². The van der Waals surface area contributed by atoms with Crippen molar-refractivity contribution in [1.29, 1.82) is 0 Å². The van der Waals surface area contributed by atoms with Gasteiger partial charge in [0.15, 0.2) is 0 Å². The maximum atomic E-state index is 11.1. The number of hydrogen-bond donors (Lipinski definition) is 3. The van der Waals surface area contributed by atoms with Crippen molar-refractivity contribution in [2.24, 2.45) is 11.1 Å². The van der Waals surface area contributed by atoms with Crippen molar-refractivity contribution in [1.82, 2.24) is 14.5 Å². The zero-order valence-electron chi connectivity index (χ0n) is 17.1. The molecule has 0 aromatic carbocycles. The summed E-state index contributed by atoms with van der Waals surface area (Å²) >= 11 is 0. The van der Waals surface area contributed by atoms with Gasteiger partial charge in [-0.25, -0.2) is 15.1 Å². The number of aliphatic hydroxyl groups excluding tert-OH is 1. The largest absolute Gasteiger partial charge is 0.393 e. The van der Waals surface area contributed by atoms with Gasteiger partial charge in [-0.15, -0.1) is 0 Å². The summed E-state index contributed by atoms with van der Waals surface area (Å²) in [5, 5.41) is 19.9. The lowest BCUT2D eigenvalue weighted by atomic mass is 9.99. The molecule has 5 rings (SSSR count). The van der Waals surface area contributed by atoms with Gasteiger partial charge in [0, 0.05) is 18.2 Å². The Morgan fingerprint density at radius 2 is 2.16 bits per heavy atom. The zero-order chi connectivity index (χ0) is 21.6. The van der Waals surface area contributed by atoms with Crippen LogP contribution in [0.4, 0.5) is 5.82 Å². The van der Waals surface area contributed by atoms with E-state index in [4.69, 9.17) is 9.32 Å². The van der Waals surface area contributed by atoms with Crippen LogP contribution in [0.3, 0.4) is 0 Å². The van der Waals surface area contributed by atoms with Gasteiger partial charge in [-0.1, -0.05) is 17.7 Å². The van der Waals surface area contributed by atoms with Gasteiger partial charge < -0.3 is 15.0 Å². The molecule has 2 aromatic rings. The van der Waals surface area contributed by atoms with Gasteiger partial charge in [0.1, 0.15) is 17.8 Å². The van der Waals surface area contributed by atoms with Gasteiger partial charge in [0.2, 0.25) is 0 Å². The molecule has 10 heteroatoms. The smallest absolute Gasteiger partial charge is 0.333 e. The quantitative estimate of drug-likeness (QED) is 0.621. The number of aliphatic hydroxyl groups is 1. The van der Waals surface area contributed by atoms with E-state index in [2.05, 4.69) is 27.4 Å². The minimum atomic E-state index is -4.02. The molecule has 9 nitrogen and oxygen atoms in total. The highest BCUT2D eigenvalue weighted by Gasteiger charge is 2.35. The molecule has 1 saturated carbocycles. The number of nitrogens with two attached hydrogens (primary N) is 1. The van der Waals surface area contributed by atoms with Crippen molar-refractivity contribution >= 4 is 27.2 Å². The predicted molar refractivity (Wildman–Crippen MR) is 116 cm³/mol. The summed E-state index contributed by atoms with van der Waals surface area (Å²) in [5.41, 5.74) is 3.75. The monoisotopic (exact) mass is 445 g/mol. The van der Waals surface area contributed by atoms with Gasteiger partial charge >= 0.3 is 10.3 Å². The van der Waals surface area contributed by atoms with Crippen LogP contribution in [-0.2, 0) is 14.5 Å². The van der Waals surface area contributed by atoms with E-state index in [1.165, 1.54) is 5.57 Å². The molecule has 0 unspecified atom stereocenters. The van der Waals surface area contributed by atoms with Crippen molar-refractivity contribution in [3.05, 3.63) is 41.9 Å². The van der Waals surface area contributed by atoms with Crippen molar-refractivity contribution in [3.8, 4) is 0 Å². The Morgan fingerprint density at radius 3 is 3.00 bits per heavy atom. The Morgan fingerprint density at radius 1 is 1.29 bits per heavy atom. The van der Waals surface area contributed by atoms with Crippen LogP contribution in [0.25, 0.3) is 11.0 Å². The molecule has 0 amide bonds. The van der Waals surface area contributed by atoms with Crippen LogP contribution in [0.1, 0.15) is 44.6 Å². The Balaban J connectivity index is 1.35. The maximum absolute atomic E-state index is 11.1. The first kappa shape index (κ1) is 20.6. The van der Waals surface area contributed by atoms with E-state index < -0.39 is 16.4 Å². The van der Waals surface area contributed by atoms with E-state index in [9.17, 15) is 13.5 Å². The molecule has 0 saturated heterocycles. The van der Waals surface area contributed by atoms with Crippen molar-refractivity contribution in [3.63, 3.8) is 0 Å². The lowest BCUT2D eigenvalue weighted by Gasteiger charge is -2.18. The molecule has 166 valence electrons. The van der Waals surface area contributed by atoms with Crippen LogP contribution < -0.4 is 10.5 Å². The van der Waals surface area contributed by atoms with Crippen molar-refractivity contribution in [2.45, 2.75) is 56.7 Å². The second kappa shape index (κ2) is 8.01. The van der Waals surface area contributed by atoms with Crippen LogP contribution in [0.2, 0.25) is 0 Å². The third-order valence-electron chi connectivity index (χ3n) is 6.72. The second-order valence-corrected chi connectivity index (χ2v) is 9.87. The van der Waals surface area contributed by atoms with E-state index in [-0.39, 0.29) is 24.6 Å². The fourth-order valence-corrected chi connectivity index (χ4v) is 5.56. The first-order valence-electron chi connectivity index (χ1n) is 10.7. The van der Waals surface area contributed by atoms with Crippen LogP contribution in [0.5, 0.6) is 0 Å². The highest BCUT2D eigenvalue weighted by Crippen LogP contribution is 2.39. The number of hydrogen-bond acceptors (Lipinski definition) is 7. The van der Waals surface area contributed by atoms with E-state index in [1.807, 2.05) is 16.8 Å². The van der Waals surface area contributed by atoms with E-state index in [1.54, 1.807) is 11.9 Å². The number of aromatic nitrogens is 3. The minimum Gasteiger partial charge on any atom is -0.393 e. The van der Waals surface area contributed by atoms with E-state index in [0.717, 1.165) is 42.5 Å². The molecule has 4 N–H and O–H groups in total. The number of anilines is 1. The van der Waals surface area contributed by atoms with Gasteiger partial charge in [0.05, 0.1) is 24.1 Å². The highest BCUT2D eigenvalue weighted by atomic mass is 32.2. The standard InChI is InChI=1S/C21H27N5O4S/c22-31(28,29)30-11-14-9-15(10-19(14)27)26-8-7-17-20(23-12-24-21(17)26)25-18-6-5-13-3-1-2-4-16(13)18/h2,4,7-8,12,14-15,18-19,27H,1,3,5-6,9-11H2,(H2,22,28,29)(H,23,24,25)/t14-,15+,18-,19-/m0/s1. The molecule has 0 radical (unpaired) electrons. The lowest BCUT2D eigenvalue weighted by molar-refractivity contribution is 0.100. The molecule has 0 bridgehead atoms. The fourth-order valence-electron chi connectivity index (χ4n) is 5.19. The average molecular weight is 446 g/mol. The number of allylic oxidation sites excluding steroid dienone is 2. The third kappa shape index (κ3) is 4.12. The summed E-state index contributed by atoms with van der Waals surface area (Å²) in [4.78, 5) is 9.00. The number of fused-ring (bicyclic) bond motifs is 1. The first-order valence-corrected chi connectivity index (χ1v) is 12.2. The molecule has 1 fully saturated rings. The fraction of sp³-hybridized carbons (Fsp3) is 0.524. The molecular formula is C21H27N5O4S. The van der Waals surface area contributed by atoms with Crippen LogP contribution in [0.15, 0.2) is 41.9 Å². The van der Waals surface area contributed by atoms with Crippen molar-refractivity contribution in [2.75, 3.05) is 11.9 Å². The summed E-state index contributed by atoms with van der Waals surface area (Å²) in [6.07, 6.45) is 12.9. The van der Waals surface area contributed by atoms with Gasteiger partial charge in [0.25, 0.3) is 0 Å². The molecule has 4 atom stereocenters. The summed E-state index contributed by atoms with van der Waals surface area (Å²) in [6, 6.07) is 2.26. The Hall–Kier alpha value is -2.27. The minimum absolute atomic E-state index is 0.00796. The van der Waals surface area contributed by atoms with Crippen LogP contribution in [0, 0.1) is 5.92 Å². The molecule has 3 aliphatic rings. The zero-order valence-corrected chi connectivity index (χ0v) is 18.0. The van der Waals surface area contributed by atoms with Crippen LogP contribution in [-0.4, -0.2) is 46.8 Å². The molecule has 31 heavy (non-hydrogen) atoms. The summed E-state index contributed by atoms with van der Waals surface area (Å²) in [6.45, 7) is -0.121. The normalized spacial score (nSPS) is 28.5. The average Bonchev–Trinajstić information content (AvgIpc) is 3.43. The van der Waals surface area contributed by atoms with Crippen molar-refractivity contribution < 1.29 is 17.7 Å². The highest BCUT2D eigenvalue weighted by molar-refractivity contribution is 7.84. The summed E-state index contributed by atoms with van der Waals surface area (Å²) < 4.78 is 28.9. The summed E-state index contributed by atoms with van der Waals surface area (Å²) in [5.74, 6) is 0.510. The third-order valence-corrected chi connectivity index (χ3v) is 7.19. The molecule has 2 heterocycles. The number of nitrogens with one attached hydrogen (secondary N) is 1. The Labute approximate surface area is 181 Å². The van der Waals surface area contributed by atoms with Gasteiger partial charge in [-0.2, -0.15) is 8.42 Å². The molecule has 0 spiro atoms. The molecule has 3 aliphatic carbocycles. The number of rotatable bonds is 6. The van der Waals surface area contributed by atoms with Gasteiger partial charge in [-0.05, 0) is 50.2 Å². The lowest BCUT2D eigenvalue weighted by Crippen LogP contribution is -2.24. The molecule has 0 aliphatic heterocycles. The first-order chi connectivity index (χ1) is 14.9. The van der Waals surface area contributed by atoms with Gasteiger partial charge in [-0.3, -0.25) is 4.18 Å². The number of nitrogens with zero attached hydrogens (tertiary/aromatic N) is 3. The van der Waals surface area contributed by atoms with Crippen LogP contribution >= 0.6 is 0 Å². The molecule has 2 aromatic heterocycles. The van der Waals surface area contributed by atoms with E-state index >= 15 is 0 Å². The second-order valence-electron chi connectivity index (χ2n) is 8.65. The maximum Gasteiger partial charge on any atom is 0.333 e.